The van der Waals surface area contributed by atoms with Gasteiger partial charge in [-0.2, -0.15) is 0 Å². The third kappa shape index (κ3) is 1.73. The van der Waals surface area contributed by atoms with Crippen molar-refractivity contribution in [3.8, 4) is 0 Å². The van der Waals surface area contributed by atoms with E-state index in [1.165, 1.54) is 0 Å². The van der Waals surface area contributed by atoms with Gasteiger partial charge in [-0.3, -0.25) is 0 Å². The monoisotopic (exact) mass is 160 g/mol. The topological polar surface area (TPSA) is 49.4 Å². The molecule has 0 saturated heterocycles. The molecule has 0 aromatic carbocycles. The molecule has 0 aliphatic carbocycles. The van der Waals surface area contributed by atoms with Crippen molar-refractivity contribution in [2.24, 2.45) is 26.6 Å². The van der Waals surface area contributed by atoms with Crippen LogP contribution in [0.5, 0.6) is 0 Å². The van der Waals surface area contributed by atoms with Gasteiger partial charge in [0.2, 0.25) is 0 Å². The molecule has 0 spiro atoms. The first kappa shape index (κ1) is 7.60. The highest BCUT2D eigenvalue weighted by Gasteiger charge is 2.30. The molecule has 1 aliphatic heterocycles. The normalized spacial score (nSPS) is 20.8. The van der Waals surface area contributed by atoms with Gasteiger partial charge in [0.05, 0.1) is 0 Å². The zero-order chi connectivity index (χ0) is 7.61. The van der Waals surface area contributed by atoms with Crippen molar-refractivity contribution in [3.63, 3.8) is 0 Å². The molecule has 10 heavy (non-hydrogen) atoms. The van der Waals surface area contributed by atoms with E-state index in [0.717, 1.165) is 0 Å². The fourth-order valence-electron chi connectivity index (χ4n) is 0.798. The van der Waals surface area contributed by atoms with Crippen LogP contribution in [-0.2, 0) is 0 Å². The molecule has 5 heteroatoms. The van der Waals surface area contributed by atoms with Crippen LogP contribution >= 0.6 is 11.6 Å². The lowest BCUT2D eigenvalue weighted by atomic mass is 10.1. The molecule has 0 N–H and O–H groups in total. The average Bonchev–Trinajstić information content (AvgIpc) is 2.12. The Kier molecular flexibility index (Phi) is 1.99. The summed E-state index contributed by atoms with van der Waals surface area (Å²) in [5.74, 6) is 0.452. The van der Waals surface area contributed by atoms with E-state index in [2.05, 4.69) is 20.7 Å². The van der Waals surface area contributed by atoms with Crippen molar-refractivity contribution in [1.29, 1.82) is 0 Å². The zero-order valence-corrected chi connectivity index (χ0v) is 6.71. The lowest BCUT2D eigenvalue weighted by Crippen LogP contribution is -2.14. The number of alkyl halides is 1. The molecular formula is C5H9ClN4. The molecule has 0 aromatic rings. The van der Waals surface area contributed by atoms with Crippen LogP contribution in [0, 0.1) is 5.92 Å². The first-order chi connectivity index (χ1) is 4.62. The number of halogens is 1. The molecule has 0 radical (unpaired) electrons. The van der Waals surface area contributed by atoms with Gasteiger partial charge in [0, 0.05) is 6.42 Å². The summed E-state index contributed by atoms with van der Waals surface area (Å²) in [6, 6.07) is 0. The fourth-order valence-corrected chi connectivity index (χ4v) is 1.17. The quantitative estimate of drug-likeness (QED) is 0.441. The minimum atomic E-state index is -0.895. The van der Waals surface area contributed by atoms with E-state index in [0.29, 0.717) is 12.3 Å². The van der Waals surface area contributed by atoms with E-state index in [-0.39, 0.29) is 0 Å². The van der Waals surface area contributed by atoms with Gasteiger partial charge in [-0.05, 0) is 16.4 Å². The molecule has 0 bridgehead atoms. The number of nitrogens with zero attached hydrogens (tertiary/aromatic N) is 4. The Labute approximate surface area is 64.4 Å². The molecule has 0 amide bonds. The second-order valence-electron chi connectivity index (χ2n) is 2.70. The highest BCUT2D eigenvalue weighted by molar-refractivity contribution is 6.23. The molecule has 0 aromatic heterocycles. The molecular weight excluding hydrogens is 152 g/mol. The summed E-state index contributed by atoms with van der Waals surface area (Å²) >= 11 is 5.84. The highest BCUT2D eigenvalue weighted by atomic mass is 35.5. The maximum Gasteiger partial charge on any atom is 0.267 e. The predicted octanol–water partition coefficient (Wildman–Crippen LogP) is 2.76. The van der Waals surface area contributed by atoms with Crippen LogP contribution in [0.15, 0.2) is 20.7 Å². The zero-order valence-electron chi connectivity index (χ0n) is 5.95. The summed E-state index contributed by atoms with van der Waals surface area (Å²) in [4.78, 5) is 0. The van der Waals surface area contributed by atoms with Gasteiger partial charge in [-0.25, -0.2) is 0 Å². The molecule has 0 unspecified atom stereocenters. The first-order valence-electron chi connectivity index (χ1n) is 3.15. The van der Waals surface area contributed by atoms with Gasteiger partial charge in [0.25, 0.3) is 5.12 Å². The summed E-state index contributed by atoms with van der Waals surface area (Å²) in [7, 11) is 0. The van der Waals surface area contributed by atoms with E-state index in [9.17, 15) is 0 Å². The molecule has 4 nitrogen and oxygen atoms in total. The molecule has 0 saturated carbocycles. The fraction of sp³-hybridized carbons (Fsp3) is 1.00. The first-order valence-corrected chi connectivity index (χ1v) is 3.53. The van der Waals surface area contributed by atoms with Crippen LogP contribution in [0.4, 0.5) is 0 Å². The maximum atomic E-state index is 5.84. The standard InChI is InChI=1S/C5H9ClN4/c1-4(2)3-5(6)7-9-10-8-5/h4H,3H2,1-2H3. The Morgan fingerprint density at radius 1 is 1.30 bits per heavy atom. The van der Waals surface area contributed by atoms with Gasteiger partial charge in [-0.1, -0.05) is 25.4 Å². The van der Waals surface area contributed by atoms with Crippen molar-refractivity contribution in [2.45, 2.75) is 25.4 Å². The molecule has 0 fully saturated rings. The summed E-state index contributed by atoms with van der Waals surface area (Å²) in [5.41, 5.74) is 0. The molecule has 0 atom stereocenters. The van der Waals surface area contributed by atoms with Crippen LogP contribution < -0.4 is 0 Å². The SMILES string of the molecule is CC(C)CC1(Cl)N=NN=N1. The van der Waals surface area contributed by atoms with Gasteiger partial charge in [-0.15, -0.1) is 10.2 Å². The van der Waals surface area contributed by atoms with Crippen molar-refractivity contribution >= 4 is 11.6 Å². The van der Waals surface area contributed by atoms with E-state index < -0.39 is 5.12 Å². The van der Waals surface area contributed by atoms with E-state index >= 15 is 0 Å². The van der Waals surface area contributed by atoms with Crippen molar-refractivity contribution in [1.82, 2.24) is 0 Å². The Morgan fingerprint density at radius 2 is 1.80 bits per heavy atom. The summed E-state index contributed by atoms with van der Waals surface area (Å²) in [6.07, 6.45) is 0.682. The second kappa shape index (κ2) is 2.62. The summed E-state index contributed by atoms with van der Waals surface area (Å²) in [6.45, 7) is 4.10. The third-order valence-electron chi connectivity index (χ3n) is 1.10. The highest BCUT2D eigenvalue weighted by Crippen LogP contribution is 2.31. The predicted molar refractivity (Wildman–Crippen MR) is 37.8 cm³/mol. The average molecular weight is 161 g/mol. The molecule has 56 valence electrons. The number of hydrogen-bond donors (Lipinski definition) is 0. The minimum absolute atomic E-state index is 0.452. The minimum Gasteiger partial charge on any atom is -0.118 e. The Balaban J connectivity index is 2.53. The number of rotatable bonds is 2. The lowest BCUT2D eigenvalue weighted by molar-refractivity contribution is 0.464. The van der Waals surface area contributed by atoms with E-state index in [1.807, 2.05) is 13.8 Å². The Morgan fingerprint density at radius 3 is 2.20 bits per heavy atom. The van der Waals surface area contributed by atoms with Gasteiger partial charge >= 0.3 is 0 Å². The van der Waals surface area contributed by atoms with Gasteiger partial charge in [0.15, 0.2) is 0 Å². The van der Waals surface area contributed by atoms with Gasteiger partial charge < -0.3 is 0 Å². The van der Waals surface area contributed by atoms with Crippen molar-refractivity contribution < 1.29 is 0 Å². The number of hydrogen-bond acceptors (Lipinski definition) is 4. The lowest BCUT2D eigenvalue weighted by Gasteiger charge is -2.12. The van der Waals surface area contributed by atoms with Crippen molar-refractivity contribution in [2.75, 3.05) is 0 Å². The van der Waals surface area contributed by atoms with Crippen LogP contribution in [0.2, 0.25) is 0 Å². The van der Waals surface area contributed by atoms with Crippen LogP contribution in [0.25, 0.3) is 0 Å². The maximum absolute atomic E-state index is 5.84. The second-order valence-corrected chi connectivity index (χ2v) is 3.30. The van der Waals surface area contributed by atoms with Gasteiger partial charge in [0.1, 0.15) is 0 Å². The largest absolute Gasteiger partial charge is 0.267 e. The van der Waals surface area contributed by atoms with Crippen LogP contribution in [0.3, 0.4) is 0 Å². The third-order valence-corrected chi connectivity index (χ3v) is 1.41. The van der Waals surface area contributed by atoms with E-state index in [4.69, 9.17) is 11.6 Å². The van der Waals surface area contributed by atoms with Crippen molar-refractivity contribution in [3.05, 3.63) is 0 Å². The van der Waals surface area contributed by atoms with E-state index in [1.54, 1.807) is 0 Å². The van der Waals surface area contributed by atoms with Crippen LogP contribution in [-0.4, -0.2) is 5.12 Å². The molecule has 1 rings (SSSR count). The summed E-state index contributed by atoms with van der Waals surface area (Å²) < 4.78 is 0. The smallest absolute Gasteiger partial charge is 0.118 e. The Hall–Kier alpha value is -0.510. The molecule has 1 heterocycles. The van der Waals surface area contributed by atoms with Crippen LogP contribution in [0.1, 0.15) is 20.3 Å². The molecule has 1 aliphatic rings. The Bertz CT molecular complexity index is 162. The summed E-state index contributed by atoms with van der Waals surface area (Å²) in [5, 5.41) is 13.1.